The van der Waals surface area contributed by atoms with Crippen LogP contribution in [-0.2, 0) is 16.3 Å². The highest BCUT2D eigenvalue weighted by atomic mass is 32.2. The second kappa shape index (κ2) is 4.34. The summed E-state index contributed by atoms with van der Waals surface area (Å²) in [5, 5.41) is 0. The molecular formula is C8H4F6O3S. The minimum atomic E-state index is -5.33. The Morgan fingerprint density at radius 2 is 1.61 bits per heavy atom. The van der Waals surface area contributed by atoms with E-state index in [1.54, 1.807) is 0 Å². The molecule has 0 spiro atoms. The number of hydrogen-bond acceptors (Lipinski definition) is 3. The molecule has 0 aliphatic heterocycles. The standard InChI is InChI=1S/C8H4F6O3S/c1-18(15,16)17-7-5(10)3(8(12,13)14)2-4(9)6(7)11/h2H,1H3. The van der Waals surface area contributed by atoms with Crippen LogP contribution in [-0.4, -0.2) is 14.7 Å². The van der Waals surface area contributed by atoms with Gasteiger partial charge in [0.25, 0.3) is 0 Å². The van der Waals surface area contributed by atoms with Gasteiger partial charge in [0.05, 0.1) is 11.8 Å². The minimum absolute atomic E-state index is 0.337. The lowest BCUT2D eigenvalue weighted by Crippen LogP contribution is -2.15. The van der Waals surface area contributed by atoms with Crippen molar-refractivity contribution in [3.05, 3.63) is 29.1 Å². The van der Waals surface area contributed by atoms with Gasteiger partial charge in [0.1, 0.15) is 0 Å². The van der Waals surface area contributed by atoms with Gasteiger partial charge in [-0.1, -0.05) is 0 Å². The molecule has 0 saturated carbocycles. The van der Waals surface area contributed by atoms with Crippen LogP contribution >= 0.6 is 0 Å². The van der Waals surface area contributed by atoms with Crippen LogP contribution < -0.4 is 4.18 Å². The molecule has 0 aliphatic carbocycles. The van der Waals surface area contributed by atoms with Crippen molar-refractivity contribution >= 4 is 10.1 Å². The molecular weight excluding hydrogens is 290 g/mol. The first-order chi connectivity index (χ1) is 7.93. The Labute approximate surface area is 97.1 Å². The lowest BCUT2D eigenvalue weighted by molar-refractivity contribution is -0.140. The van der Waals surface area contributed by atoms with Gasteiger partial charge in [-0.15, -0.1) is 0 Å². The molecule has 0 heterocycles. The van der Waals surface area contributed by atoms with E-state index in [0.717, 1.165) is 0 Å². The second-order valence-electron chi connectivity index (χ2n) is 3.15. The molecule has 18 heavy (non-hydrogen) atoms. The van der Waals surface area contributed by atoms with E-state index in [1.807, 2.05) is 0 Å². The van der Waals surface area contributed by atoms with Gasteiger partial charge >= 0.3 is 16.3 Å². The maximum absolute atomic E-state index is 13.2. The van der Waals surface area contributed by atoms with Crippen molar-refractivity contribution in [1.29, 1.82) is 0 Å². The van der Waals surface area contributed by atoms with Crippen molar-refractivity contribution in [2.75, 3.05) is 6.26 Å². The molecule has 3 nitrogen and oxygen atoms in total. The van der Waals surface area contributed by atoms with E-state index in [0.29, 0.717) is 6.26 Å². The van der Waals surface area contributed by atoms with E-state index in [-0.39, 0.29) is 0 Å². The Morgan fingerprint density at radius 1 is 1.11 bits per heavy atom. The maximum atomic E-state index is 13.2. The molecule has 0 fully saturated rings. The van der Waals surface area contributed by atoms with Gasteiger partial charge in [-0.2, -0.15) is 26.0 Å². The summed E-state index contributed by atoms with van der Waals surface area (Å²) >= 11 is 0. The maximum Gasteiger partial charge on any atom is 0.419 e. The molecule has 0 bridgehead atoms. The number of rotatable bonds is 2. The van der Waals surface area contributed by atoms with Crippen molar-refractivity contribution < 1.29 is 38.9 Å². The number of hydrogen-bond donors (Lipinski definition) is 0. The molecule has 0 atom stereocenters. The van der Waals surface area contributed by atoms with Crippen LogP contribution in [0.2, 0.25) is 0 Å². The second-order valence-corrected chi connectivity index (χ2v) is 4.72. The highest BCUT2D eigenvalue weighted by Crippen LogP contribution is 2.37. The third kappa shape index (κ3) is 3.06. The Balaban J connectivity index is 3.56. The fraction of sp³-hybridized carbons (Fsp3) is 0.250. The third-order valence-electron chi connectivity index (χ3n) is 1.66. The molecule has 1 aromatic rings. The lowest BCUT2D eigenvalue weighted by atomic mass is 10.1. The summed E-state index contributed by atoms with van der Waals surface area (Å²) in [6, 6.07) is -0.431. The first-order valence-corrected chi connectivity index (χ1v) is 5.89. The molecule has 1 aromatic carbocycles. The van der Waals surface area contributed by atoms with Crippen LogP contribution in [0.1, 0.15) is 5.56 Å². The molecule has 10 heteroatoms. The molecule has 0 unspecified atom stereocenters. The molecule has 0 saturated heterocycles. The zero-order chi connectivity index (χ0) is 14.3. The van der Waals surface area contributed by atoms with Gasteiger partial charge in [0.2, 0.25) is 11.6 Å². The quantitative estimate of drug-likeness (QED) is 0.478. The molecule has 1 rings (SSSR count). The summed E-state index contributed by atoms with van der Waals surface area (Å²) in [6.07, 6.45) is -4.99. The van der Waals surface area contributed by atoms with E-state index in [1.165, 1.54) is 0 Å². The van der Waals surface area contributed by atoms with Gasteiger partial charge < -0.3 is 4.18 Å². The van der Waals surface area contributed by atoms with Crippen molar-refractivity contribution in [2.24, 2.45) is 0 Å². The van der Waals surface area contributed by atoms with E-state index in [2.05, 4.69) is 4.18 Å². The van der Waals surface area contributed by atoms with Gasteiger partial charge in [-0.3, -0.25) is 0 Å². The zero-order valence-electron chi connectivity index (χ0n) is 8.48. The van der Waals surface area contributed by atoms with Crippen LogP contribution in [0.25, 0.3) is 0 Å². The molecule has 0 radical (unpaired) electrons. The van der Waals surface area contributed by atoms with E-state index in [9.17, 15) is 34.8 Å². The summed E-state index contributed by atoms with van der Waals surface area (Å²) in [7, 11) is -4.52. The van der Waals surface area contributed by atoms with Crippen molar-refractivity contribution in [3.8, 4) is 5.75 Å². The van der Waals surface area contributed by atoms with Crippen molar-refractivity contribution in [1.82, 2.24) is 0 Å². The highest BCUT2D eigenvalue weighted by molar-refractivity contribution is 7.86. The molecule has 0 aromatic heterocycles. The molecule has 102 valence electrons. The van der Waals surface area contributed by atoms with Crippen molar-refractivity contribution in [2.45, 2.75) is 6.18 Å². The Hall–Kier alpha value is -1.45. The van der Waals surface area contributed by atoms with Crippen LogP contribution in [0.5, 0.6) is 5.75 Å². The average Bonchev–Trinajstić information content (AvgIpc) is 2.15. The average molecular weight is 294 g/mol. The highest BCUT2D eigenvalue weighted by Gasteiger charge is 2.38. The van der Waals surface area contributed by atoms with E-state index in [4.69, 9.17) is 0 Å². The zero-order valence-corrected chi connectivity index (χ0v) is 9.29. The van der Waals surface area contributed by atoms with Crippen LogP contribution in [0.15, 0.2) is 6.07 Å². The molecule has 0 aliphatic rings. The van der Waals surface area contributed by atoms with E-state index < -0.39 is 51.1 Å². The van der Waals surface area contributed by atoms with Crippen LogP contribution in [0, 0.1) is 17.5 Å². The topological polar surface area (TPSA) is 43.4 Å². The fourth-order valence-corrected chi connectivity index (χ4v) is 1.46. The van der Waals surface area contributed by atoms with Gasteiger partial charge in [-0.05, 0) is 6.07 Å². The predicted molar refractivity (Wildman–Crippen MR) is 46.8 cm³/mol. The SMILES string of the molecule is CS(=O)(=O)Oc1c(F)c(F)cc(C(F)(F)F)c1F. The van der Waals surface area contributed by atoms with E-state index >= 15 is 0 Å². The number of halogens is 6. The molecule has 0 amide bonds. The number of benzene rings is 1. The first kappa shape index (κ1) is 14.6. The smallest absolute Gasteiger partial charge is 0.376 e. The van der Waals surface area contributed by atoms with Crippen LogP contribution in [0.3, 0.4) is 0 Å². The summed E-state index contributed by atoms with van der Waals surface area (Å²) in [5.74, 6) is -8.54. The monoisotopic (exact) mass is 294 g/mol. The fourth-order valence-electron chi connectivity index (χ4n) is 1.01. The summed E-state index contributed by atoms with van der Waals surface area (Å²) in [4.78, 5) is 0. The Kier molecular flexibility index (Phi) is 3.52. The third-order valence-corrected chi connectivity index (χ3v) is 2.13. The van der Waals surface area contributed by atoms with Crippen molar-refractivity contribution in [3.63, 3.8) is 0 Å². The summed E-state index contributed by atoms with van der Waals surface area (Å²) < 4.78 is 101. The predicted octanol–water partition coefficient (Wildman–Crippen LogP) is 2.46. The molecule has 0 N–H and O–H groups in total. The minimum Gasteiger partial charge on any atom is -0.376 e. The Morgan fingerprint density at radius 3 is 2.00 bits per heavy atom. The Bertz CT molecular complexity index is 577. The number of alkyl halides is 3. The van der Waals surface area contributed by atoms with Gasteiger partial charge in [0.15, 0.2) is 11.6 Å². The first-order valence-electron chi connectivity index (χ1n) is 4.07. The summed E-state index contributed by atoms with van der Waals surface area (Å²) in [5.41, 5.74) is -2.17. The van der Waals surface area contributed by atoms with Gasteiger partial charge in [-0.25, -0.2) is 8.78 Å². The van der Waals surface area contributed by atoms with Gasteiger partial charge in [0, 0.05) is 0 Å². The summed E-state index contributed by atoms with van der Waals surface area (Å²) in [6.45, 7) is 0. The van der Waals surface area contributed by atoms with Crippen LogP contribution in [0.4, 0.5) is 26.3 Å². The largest absolute Gasteiger partial charge is 0.419 e. The normalized spacial score (nSPS) is 12.6. The lowest BCUT2D eigenvalue weighted by Gasteiger charge is -2.12.